The Kier molecular flexibility index (Phi) is 14.2. The Hall–Kier alpha value is -6.53. The number of aromatic nitrogens is 2. The van der Waals surface area contributed by atoms with Crippen LogP contribution < -0.4 is 20.0 Å². The number of hydrogen-bond acceptors (Lipinski definition) is 10. The van der Waals surface area contributed by atoms with Crippen LogP contribution in [0.25, 0.3) is 44.3 Å². The molecule has 0 saturated carbocycles. The molecule has 384 valence electrons. The average molecular weight is 1020 g/mol. The first-order valence-corrected chi connectivity index (χ1v) is 27.4. The van der Waals surface area contributed by atoms with E-state index in [2.05, 4.69) is 130 Å². The lowest BCUT2D eigenvalue weighted by molar-refractivity contribution is 0.0558. The lowest BCUT2D eigenvalue weighted by Gasteiger charge is -2.35. The van der Waals surface area contributed by atoms with Gasteiger partial charge < -0.3 is 39.0 Å². The predicted octanol–water partition coefficient (Wildman–Crippen LogP) is 13.1. The van der Waals surface area contributed by atoms with Gasteiger partial charge in [-0.1, -0.05) is 121 Å². The second-order valence-electron chi connectivity index (χ2n) is 21.0. The molecule has 2 spiro atoms. The van der Waals surface area contributed by atoms with E-state index in [9.17, 15) is 0 Å². The second kappa shape index (κ2) is 21.6. The maximum absolute atomic E-state index is 6.44. The van der Waals surface area contributed by atoms with Crippen molar-refractivity contribution < 1.29 is 18.9 Å². The van der Waals surface area contributed by atoms with Gasteiger partial charge in [0, 0.05) is 121 Å². The molecule has 6 aliphatic heterocycles. The molecule has 0 unspecified atom stereocenters. The van der Waals surface area contributed by atoms with Crippen molar-refractivity contribution in [3.63, 3.8) is 0 Å². The number of para-hydroxylation sites is 2. The molecule has 2 aromatic heterocycles. The maximum atomic E-state index is 6.44. The third kappa shape index (κ3) is 9.72. The molecule has 0 atom stereocenters. The van der Waals surface area contributed by atoms with Crippen molar-refractivity contribution in [2.45, 2.75) is 50.4 Å². The zero-order valence-corrected chi connectivity index (χ0v) is 44.1. The topological polar surface area (TPSA) is 84.5 Å². The first-order chi connectivity index (χ1) is 36.9. The van der Waals surface area contributed by atoms with Gasteiger partial charge in [0.2, 0.25) is 0 Å². The van der Waals surface area contributed by atoms with Gasteiger partial charge in [0.1, 0.15) is 0 Å². The Bertz CT molecular complexity index is 3290. The van der Waals surface area contributed by atoms with E-state index in [1.54, 1.807) is 0 Å². The number of morpholine rings is 2. The molecule has 0 bridgehead atoms. The number of pyridine rings is 2. The summed E-state index contributed by atoms with van der Waals surface area (Å²) >= 11 is 6.44. The largest absolute Gasteiger partial charge is 0.384 e. The number of hydrogen-bond donors (Lipinski definition) is 1. The van der Waals surface area contributed by atoms with E-state index in [4.69, 9.17) is 40.5 Å². The van der Waals surface area contributed by atoms with E-state index < -0.39 is 0 Å². The first kappa shape index (κ1) is 49.4. The minimum atomic E-state index is 0.112. The Balaban J connectivity index is 0.000000126. The molecule has 75 heavy (non-hydrogen) atoms. The second-order valence-corrected chi connectivity index (χ2v) is 21.3. The van der Waals surface area contributed by atoms with Crippen molar-refractivity contribution in [1.29, 1.82) is 0 Å². The number of ether oxygens (including phenoxy) is 4. The molecule has 6 aromatic carbocycles. The summed E-state index contributed by atoms with van der Waals surface area (Å²) in [4.78, 5) is 17.4. The van der Waals surface area contributed by atoms with Crippen LogP contribution in [0.15, 0.2) is 146 Å². The van der Waals surface area contributed by atoms with Crippen molar-refractivity contribution in [2.24, 2.45) is 0 Å². The minimum Gasteiger partial charge on any atom is -0.384 e. The number of rotatable bonds is 5. The number of halogens is 1. The van der Waals surface area contributed by atoms with Gasteiger partial charge in [0.05, 0.1) is 59.6 Å². The molecular weight excluding hydrogens is 952 g/mol. The van der Waals surface area contributed by atoms with Crippen LogP contribution in [0.2, 0.25) is 5.02 Å². The van der Waals surface area contributed by atoms with Crippen LogP contribution in [0.4, 0.5) is 28.4 Å². The lowest BCUT2D eigenvalue weighted by atomic mass is 9.76. The van der Waals surface area contributed by atoms with Gasteiger partial charge >= 0.3 is 0 Å². The standard InChI is InChI=1S/C32H33N3O2.C16H12ClN.C16H22N2O2/c1-23-30(24-7-3-2-4-8-24)33-28-10-6-5-9-26(28)31(23)35-22-32(13-17-36-18-14-32)27-12-11-25(21-29(27)35)34-15-19-37-20-16-34;1-11-15(17)13-9-5-6-10-14(13)18-16(11)12-7-3-2-4-8-12;1-2-14-15(11-13(1)18-5-9-20-10-6-18)17-12-16(14)3-7-19-8-4-16/h2-12,21H,13-20,22H2,1H3;2-10H,1H3;1-2,11,17H,3-10,12H2. The third-order valence-electron chi connectivity index (χ3n) is 16.7. The summed E-state index contributed by atoms with van der Waals surface area (Å²) in [5.74, 6) is 0. The molecule has 4 saturated heterocycles. The Labute approximate surface area is 446 Å². The zero-order valence-electron chi connectivity index (χ0n) is 43.3. The smallest absolute Gasteiger partial charge is 0.0759 e. The number of nitrogens with one attached hydrogen (secondary N) is 1. The highest BCUT2D eigenvalue weighted by Gasteiger charge is 2.45. The molecule has 10 nitrogen and oxygen atoms in total. The molecule has 0 radical (unpaired) electrons. The van der Waals surface area contributed by atoms with E-state index in [0.29, 0.717) is 5.41 Å². The van der Waals surface area contributed by atoms with Gasteiger partial charge in [-0.3, -0.25) is 0 Å². The highest BCUT2D eigenvalue weighted by atomic mass is 35.5. The lowest BCUT2D eigenvalue weighted by Crippen LogP contribution is -2.37. The van der Waals surface area contributed by atoms with Crippen LogP contribution >= 0.6 is 11.6 Å². The third-order valence-corrected chi connectivity index (χ3v) is 17.2. The zero-order chi connectivity index (χ0) is 50.8. The molecular formula is C64H67ClN6O4. The summed E-state index contributed by atoms with van der Waals surface area (Å²) < 4.78 is 22.5. The van der Waals surface area contributed by atoms with Gasteiger partial charge in [0.15, 0.2) is 0 Å². The van der Waals surface area contributed by atoms with E-state index >= 15 is 0 Å². The summed E-state index contributed by atoms with van der Waals surface area (Å²) in [5, 5.41) is 6.64. The van der Waals surface area contributed by atoms with Gasteiger partial charge in [-0.15, -0.1) is 0 Å². The molecule has 4 fully saturated rings. The van der Waals surface area contributed by atoms with Gasteiger partial charge in [0.25, 0.3) is 0 Å². The van der Waals surface area contributed by atoms with E-state index in [1.807, 2.05) is 49.4 Å². The molecule has 1 N–H and O–H groups in total. The highest BCUT2D eigenvalue weighted by molar-refractivity contribution is 6.36. The van der Waals surface area contributed by atoms with Crippen molar-refractivity contribution in [1.82, 2.24) is 9.97 Å². The molecule has 8 heterocycles. The molecule has 6 aliphatic rings. The fraction of sp³-hybridized carbons (Fsp3) is 0.344. The summed E-state index contributed by atoms with van der Waals surface area (Å²) in [7, 11) is 0. The monoisotopic (exact) mass is 1020 g/mol. The van der Waals surface area contributed by atoms with E-state index in [1.165, 1.54) is 50.5 Å². The Morgan fingerprint density at radius 2 is 0.973 bits per heavy atom. The van der Waals surface area contributed by atoms with Crippen LogP contribution in [-0.2, 0) is 29.8 Å². The number of nitrogens with zero attached hydrogens (tertiary/aromatic N) is 5. The van der Waals surface area contributed by atoms with Gasteiger partial charge in [-0.2, -0.15) is 0 Å². The number of benzene rings is 6. The van der Waals surface area contributed by atoms with Crippen molar-refractivity contribution in [2.75, 3.05) is 112 Å². The maximum Gasteiger partial charge on any atom is 0.0759 e. The quantitative estimate of drug-likeness (QED) is 0.180. The van der Waals surface area contributed by atoms with Crippen LogP contribution in [0.1, 0.15) is 47.9 Å². The van der Waals surface area contributed by atoms with Gasteiger partial charge in [-0.05, 0) is 98.2 Å². The van der Waals surface area contributed by atoms with Crippen LogP contribution in [0.5, 0.6) is 0 Å². The van der Waals surface area contributed by atoms with E-state index in [-0.39, 0.29) is 5.41 Å². The molecule has 14 rings (SSSR count). The Morgan fingerprint density at radius 1 is 0.493 bits per heavy atom. The molecule has 0 aliphatic carbocycles. The van der Waals surface area contributed by atoms with Crippen LogP contribution in [-0.4, -0.2) is 102 Å². The van der Waals surface area contributed by atoms with Crippen molar-refractivity contribution in [3.8, 4) is 22.5 Å². The predicted molar refractivity (Wildman–Crippen MR) is 307 cm³/mol. The highest BCUT2D eigenvalue weighted by Crippen LogP contribution is 2.53. The normalized spacial score (nSPS) is 18.5. The molecule has 8 aromatic rings. The van der Waals surface area contributed by atoms with Crippen LogP contribution in [0, 0.1) is 13.8 Å². The van der Waals surface area contributed by atoms with Crippen LogP contribution in [0.3, 0.4) is 0 Å². The summed E-state index contributed by atoms with van der Waals surface area (Å²) in [6.45, 7) is 16.9. The molecule has 11 heteroatoms. The van der Waals surface area contributed by atoms with Gasteiger partial charge in [-0.25, -0.2) is 9.97 Å². The van der Waals surface area contributed by atoms with Crippen molar-refractivity contribution in [3.05, 3.63) is 173 Å². The first-order valence-electron chi connectivity index (χ1n) is 27.0. The number of anilines is 5. The fourth-order valence-corrected chi connectivity index (χ4v) is 12.7. The molecule has 0 amide bonds. The van der Waals surface area contributed by atoms with Crippen molar-refractivity contribution >= 4 is 61.8 Å². The SMILES string of the molecule is Cc1c(-c2ccccc2)nc2ccccc2c1Cl.Cc1c(-c2ccccc2)nc2ccccc2c1N1CC2(CCOCC2)c2ccc(N3CCOCC3)cc21.c1cc2c(cc1N1CCOCC1)NCC21CCOCC1. The number of fused-ring (bicyclic) bond motifs is 6. The average Bonchev–Trinajstić information content (AvgIpc) is 3.99. The summed E-state index contributed by atoms with van der Waals surface area (Å²) in [5.41, 5.74) is 18.5. The van der Waals surface area contributed by atoms with E-state index in [0.717, 1.165) is 167 Å². The minimum absolute atomic E-state index is 0.112. The fourth-order valence-electron chi connectivity index (χ4n) is 12.5. The Morgan fingerprint density at radius 3 is 1.57 bits per heavy atom. The summed E-state index contributed by atoms with van der Waals surface area (Å²) in [6, 6.07) is 51.4. The summed E-state index contributed by atoms with van der Waals surface area (Å²) in [6.07, 6.45) is 4.40.